The number of ether oxygens (including phenoxy) is 1. The second kappa shape index (κ2) is 6.52. The van der Waals surface area contributed by atoms with E-state index in [2.05, 4.69) is 25.9 Å². The molecule has 3 aromatic rings. The van der Waals surface area contributed by atoms with Gasteiger partial charge in [0.15, 0.2) is 11.9 Å². The summed E-state index contributed by atoms with van der Waals surface area (Å²) in [5.74, 6) is -0.873. The van der Waals surface area contributed by atoms with Gasteiger partial charge in [-0.2, -0.15) is 0 Å². The van der Waals surface area contributed by atoms with Crippen LogP contribution in [0.3, 0.4) is 0 Å². The number of rotatable bonds is 3. The van der Waals surface area contributed by atoms with Crippen molar-refractivity contribution in [2.24, 2.45) is 0 Å². The number of hydrogen-bond acceptors (Lipinski definition) is 4. The van der Waals surface area contributed by atoms with E-state index < -0.39 is 17.9 Å². The highest BCUT2D eigenvalue weighted by atomic mass is 79.9. The molecule has 0 radical (unpaired) electrons. The first-order chi connectivity index (χ1) is 11.5. The maximum atomic E-state index is 13.1. The van der Waals surface area contributed by atoms with Crippen molar-refractivity contribution in [3.63, 3.8) is 0 Å². The molecular weight excluding hydrogens is 379 g/mol. The lowest BCUT2D eigenvalue weighted by Crippen LogP contribution is -2.17. The Morgan fingerprint density at radius 3 is 2.79 bits per heavy atom. The van der Waals surface area contributed by atoms with Crippen LogP contribution < -0.4 is 5.56 Å². The first-order valence-electron chi connectivity index (χ1n) is 7.10. The second-order valence-corrected chi connectivity index (χ2v) is 5.99. The van der Waals surface area contributed by atoms with Gasteiger partial charge in [-0.1, -0.05) is 12.1 Å². The largest absolute Gasteiger partial charge is 0.451 e. The van der Waals surface area contributed by atoms with Crippen LogP contribution in [0.1, 0.15) is 29.2 Å². The molecule has 122 valence electrons. The monoisotopic (exact) mass is 390 g/mol. The molecule has 0 aliphatic carbocycles. The summed E-state index contributed by atoms with van der Waals surface area (Å²) in [4.78, 5) is 31.2. The third-order valence-electron chi connectivity index (χ3n) is 3.45. The van der Waals surface area contributed by atoms with E-state index in [9.17, 15) is 14.0 Å². The fourth-order valence-electron chi connectivity index (χ4n) is 2.23. The first kappa shape index (κ1) is 16.3. The van der Waals surface area contributed by atoms with Gasteiger partial charge in [0.05, 0.1) is 16.5 Å². The minimum atomic E-state index is -0.772. The predicted molar refractivity (Wildman–Crippen MR) is 90.3 cm³/mol. The molecule has 1 heterocycles. The molecule has 1 atom stereocenters. The number of para-hydroxylation sites is 1. The fourth-order valence-corrected chi connectivity index (χ4v) is 2.74. The average Bonchev–Trinajstić information content (AvgIpc) is 2.54. The van der Waals surface area contributed by atoms with Gasteiger partial charge in [0.1, 0.15) is 5.82 Å². The molecule has 1 aromatic heterocycles. The molecule has 2 aromatic carbocycles. The number of carbonyl (C=O) groups excluding carboxylic acids is 1. The Morgan fingerprint density at radius 1 is 1.29 bits per heavy atom. The number of nitrogens with zero attached hydrogens (tertiary/aromatic N) is 1. The van der Waals surface area contributed by atoms with Gasteiger partial charge in [-0.15, -0.1) is 0 Å². The number of carbonyl (C=O) groups is 1. The summed E-state index contributed by atoms with van der Waals surface area (Å²) in [7, 11) is 0. The highest BCUT2D eigenvalue weighted by molar-refractivity contribution is 9.10. The summed E-state index contributed by atoms with van der Waals surface area (Å²) in [6, 6.07) is 10.6. The van der Waals surface area contributed by atoms with Crippen LogP contribution in [0.2, 0.25) is 0 Å². The number of nitrogens with one attached hydrogen (secondary N) is 1. The molecule has 0 amide bonds. The summed E-state index contributed by atoms with van der Waals surface area (Å²) in [5, 5.41) is 0.459. The van der Waals surface area contributed by atoms with E-state index in [1.54, 1.807) is 31.2 Å². The first-order valence-corrected chi connectivity index (χ1v) is 7.90. The molecule has 0 aliphatic heterocycles. The van der Waals surface area contributed by atoms with Crippen molar-refractivity contribution in [1.82, 2.24) is 9.97 Å². The van der Waals surface area contributed by atoms with Crippen LogP contribution in [0, 0.1) is 5.82 Å². The molecule has 5 nitrogen and oxygen atoms in total. The molecule has 1 N–H and O–H groups in total. The molecule has 0 bridgehead atoms. The lowest BCUT2D eigenvalue weighted by Gasteiger charge is -2.13. The van der Waals surface area contributed by atoms with Crippen LogP contribution in [0.4, 0.5) is 4.39 Å². The third-order valence-corrected chi connectivity index (χ3v) is 4.11. The number of hydrogen-bond donors (Lipinski definition) is 1. The molecule has 3 rings (SSSR count). The number of fused-ring (bicyclic) bond motifs is 1. The highest BCUT2D eigenvalue weighted by Gasteiger charge is 2.19. The van der Waals surface area contributed by atoms with Gasteiger partial charge in [0.25, 0.3) is 5.56 Å². The highest BCUT2D eigenvalue weighted by Crippen LogP contribution is 2.22. The summed E-state index contributed by atoms with van der Waals surface area (Å²) < 4.78 is 18.7. The quantitative estimate of drug-likeness (QED) is 0.691. The van der Waals surface area contributed by atoms with E-state index in [1.165, 1.54) is 18.2 Å². The zero-order valence-corrected chi connectivity index (χ0v) is 14.1. The zero-order chi connectivity index (χ0) is 17.3. The number of aromatic nitrogens is 2. The maximum absolute atomic E-state index is 13.1. The SMILES string of the molecule is C[C@H](OC(=O)c1ccc(F)cc1Br)c1nc2ccccc2c(=O)[nH]1. The van der Waals surface area contributed by atoms with E-state index in [-0.39, 0.29) is 16.9 Å². The van der Waals surface area contributed by atoms with Gasteiger partial charge in [0, 0.05) is 4.47 Å². The molecule has 0 unspecified atom stereocenters. The third kappa shape index (κ3) is 3.21. The summed E-state index contributed by atoms with van der Waals surface area (Å²) >= 11 is 3.12. The van der Waals surface area contributed by atoms with Gasteiger partial charge >= 0.3 is 5.97 Å². The normalized spacial score (nSPS) is 12.1. The minimum absolute atomic E-state index is 0.186. The van der Waals surface area contributed by atoms with Gasteiger partial charge < -0.3 is 9.72 Å². The van der Waals surface area contributed by atoms with Crippen molar-refractivity contribution in [2.45, 2.75) is 13.0 Å². The standard InChI is InChI=1S/C17H12BrFN2O3/c1-9(24-17(23)11-7-6-10(19)8-13(11)18)15-20-14-5-3-2-4-12(14)16(22)21-15/h2-9H,1H3,(H,20,21,22)/t9-/m0/s1. The summed E-state index contributed by atoms with van der Waals surface area (Å²) in [6.45, 7) is 1.60. The lowest BCUT2D eigenvalue weighted by atomic mass is 10.2. The lowest BCUT2D eigenvalue weighted by molar-refractivity contribution is 0.0319. The fraction of sp³-hybridized carbons (Fsp3) is 0.118. The van der Waals surface area contributed by atoms with Crippen molar-refractivity contribution >= 4 is 32.8 Å². The number of H-pyrrole nitrogens is 1. The predicted octanol–water partition coefficient (Wildman–Crippen LogP) is 3.74. The zero-order valence-electron chi connectivity index (χ0n) is 12.5. The van der Waals surface area contributed by atoms with Crippen molar-refractivity contribution < 1.29 is 13.9 Å². The molecule has 24 heavy (non-hydrogen) atoms. The topological polar surface area (TPSA) is 72.0 Å². The molecule has 0 aliphatic rings. The molecule has 0 fully saturated rings. The van der Waals surface area contributed by atoms with Crippen LogP contribution in [0.5, 0.6) is 0 Å². The van der Waals surface area contributed by atoms with E-state index in [0.717, 1.165) is 0 Å². The van der Waals surface area contributed by atoms with Crippen LogP contribution in [-0.2, 0) is 4.74 Å². The number of esters is 1. The minimum Gasteiger partial charge on any atom is -0.451 e. The van der Waals surface area contributed by atoms with Crippen LogP contribution in [-0.4, -0.2) is 15.9 Å². The Hall–Kier alpha value is -2.54. The van der Waals surface area contributed by atoms with Gasteiger partial charge in [-0.25, -0.2) is 14.2 Å². The van der Waals surface area contributed by atoms with Crippen LogP contribution >= 0.6 is 15.9 Å². The number of aromatic amines is 1. The Labute approximate surface area is 144 Å². The van der Waals surface area contributed by atoms with Crippen LogP contribution in [0.15, 0.2) is 51.7 Å². The number of halogens is 2. The maximum Gasteiger partial charge on any atom is 0.339 e. The smallest absolute Gasteiger partial charge is 0.339 e. The van der Waals surface area contributed by atoms with Gasteiger partial charge in [0.2, 0.25) is 0 Å². The molecular formula is C17H12BrFN2O3. The van der Waals surface area contributed by atoms with Gasteiger partial charge in [-0.3, -0.25) is 4.79 Å². The number of benzene rings is 2. The Balaban J connectivity index is 1.88. The Morgan fingerprint density at radius 2 is 2.04 bits per heavy atom. The molecule has 0 spiro atoms. The van der Waals surface area contributed by atoms with Crippen molar-refractivity contribution in [3.8, 4) is 0 Å². The van der Waals surface area contributed by atoms with Gasteiger partial charge in [-0.05, 0) is 53.2 Å². The molecule has 0 saturated heterocycles. The van der Waals surface area contributed by atoms with Crippen molar-refractivity contribution in [1.29, 1.82) is 0 Å². The van der Waals surface area contributed by atoms with E-state index in [1.807, 2.05) is 0 Å². The summed E-state index contributed by atoms with van der Waals surface area (Å²) in [6.07, 6.45) is -0.772. The average molecular weight is 391 g/mol. The van der Waals surface area contributed by atoms with E-state index >= 15 is 0 Å². The Bertz CT molecular complexity index is 987. The summed E-state index contributed by atoms with van der Waals surface area (Å²) in [5.41, 5.74) is 0.398. The molecule has 7 heteroatoms. The van der Waals surface area contributed by atoms with E-state index in [4.69, 9.17) is 4.74 Å². The second-order valence-electron chi connectivity index (χ2n) is 5.14. The van der Waals surface area contributed by atoms with Crippen molar-refractivity contribution in [2.75, 3.05) is 0 Å². The van der Waals surface area contributed by atoms with Crippen LogP contribution in [0.25, 0.3) is 10.9 Å². The Kier molecular flexibility index (Phi) is 4.44. The van der Waals surface area contributed by atoms with E-state index in [0.29, 0.717) is 15.4 Å². The molecule has 0 saturated carbocycles. The van der Waals surface area contributed by atoms with Crippen molar-refractivity contribution in [3.05, 3.63) is 74.5 Å².